The summed E-state index contributed by atoms with van der Waals surface area (Å²) in [6, 6.07) is 0.787. The van der Waals surface area contributed by atoms with Crippen LogP contribution < -0.4 is 0 Å². The Kier molecular flexibility index (Phi) is 3.88. The zero-order valence-electron chi connectivity index (χ0n) is 8.89. The Balaban J connectivity index is 1.53. The van der Waals surface area contributed by atoms with Crippen molar-refractivity contribution < 1.29 is 9.90 Å². The van der Waals surface area contributed by atoms with Gasteiger partial charge in [-0.2, -0.15) is 11.8 Å². The van der Waals surface area contributed by atoms with Gasteiger partial charge in [-0.3, -0.25) is 14.6 Å². The van der Waals surface area contributed by atoms with Crippen molar-refractivity contribution in [3.8, 4) is 0 Å². The molecule has 1 N–H and O–H groups in total. The molecule has 4 nitrogen and oxygen atoms in total. The summed E-state index contributed by atoms with van der Waals surface area (Å²) in [5.74, 6) is 0.511. The minimum Gasteiger partial charge on any atom is -0.481 e. The van der Waals surface area contributed by atoms with Gasteiger partial charge in [-0.05, 0) is 18.6 Å². The van der Waals surface area contributed by atoms with Crippen LogP contribution in [-0.2, 0) is 4.79 Å². The first-order chi connectivity index (χ1) is 7.25. The Morgan fingerprint density at radius 3 is 3.00 bits per heavy atom. The number of carbonyl (C=O) groups is 1. The predicted molar refractivity (Wildman–Crippen MR) is 61.1 cm³/mol. The van der Waals surface area contributed by atoms with Crippen molar-refractivity contribution in [3.05, 3.63) is 0 Å². The van der Waals surface area contributed by atoms with Gasteiger partial charge in [0.05, 0.1) is 12.4 Å². The molecule has 0 spiro atoms. The highest BCUT2D eigenvalue weighted by Gasteiger charge is 2.35. The fourth-order valence-corrected chi connectivity index (χ4v) is 3.05. The summed E-state index contributed by atoms with van der Waals surface area (Å²) in [6.07, 6.45) is 2.44. The van der Waals surface area contributed by atoms with Crippen LogP contribution in [0.2, 0.25) is 0 Å². The lowest BCUT2D eigenvalue weighted by atomic mass is 10.2. The van der Waals surface area contributed by atoms with Gasteiger partial charge in [-0.1, -0.05) is 0 Å². The molecule has 0 aromatic carbocycles. The summed E-state index contributed by atoms with van der Waals surface area (Å²) < 4.78 is 0. The normalized spacial score (nSPS) is 29.9. The molecule has 0 saturated carbocycles. The summed E-state index contributed by atoms with van der Waals surface area (Å²) >= 11 is 1.52. The summed E-state index contributed by atoms with van der Waals surface area (Å²) in [6.45, 7) is 4.79. The smallest absolute Gasteiger partial charge is 0.313 e. The monoisotopic (exact) mass is 230 g/mol. The number of aliphatic carboxylic acids is 1. The second-order valence-electron chi connectivity index (χ2n) is 4.27. The van der Waals surface area contributed by atoms with Crippen LogP contribution >= 0.6 is 11.8 Å². The van der Waals surface area contributed by atoms with Crippen molar-refractivity contribution in [2.45, 2.75) is 18.9 Å². The molecule has 0 aromatic heterocycles. The van der Waals surface area contributed by atoms with Gasteiger partial charge < -0.3 is 5.11 Å². The molecule has 2 saturated heterocycles. The lowest BCUT2D eigenvalue weighted by molar-refractivity contribution is -0.133. The minimum atomic E-state index is -0.702. The lowest BCUT2D eigenvalue weighted by Crippen LogP contribution is -2.36. The summed E-state index contributed by atoms with van der Waals surface area (Å²) in [7, 11) is 0. The van der Waals surface area contributed by atoms with Crippen LogP contribution in [-0.4, -0.2) is 64.7 Å². The van der Waals surface area contributed by atoms with E-state index in [0.29, 0.717) is 0 Å². The van der Waals surface area contributed by atoms with E-state index in [0.717, 1.165) is 31.4 Å². The first-order valence-electron chi connectivity index (χ1n) is 5.51. The fraction of sp³-hybridized carbons (Fsp3) is 0.900. The maximum absolute atomic E-state index is 10.3. The first kappa shape index (κ1) is 11.2. The minimum absolute atomic E-state index is 0.246. The molecule has 2 fully saturated rings. The third-order valence-electron chi connectivity index (χ3n) is 3.11. The number of hydrogen-bond donors (Lipinski definition) is 1. The standard InChI is InChI=1S/C10H18N2O2S/c13-10(14)7-15-5-1-3-12-8-11-4-2-9(12)6-11/h9H,1-8H2,(H,13,14). The van der Waals surface area contributed by atoms with E-state index in [9.17, 15) is 4.79 Å². The Hall–Kier alpha value is -0.260. The second-order valence-corrected chi connectivity index (χ2v) is 5.38. The molecular formula is C10H18N2O2S. The van der Waals surface area contributed by atoms with Gasteiger partial charge in [-0.25, -0.2) is 0 Å². The summed E-state index contributed by atoms with van der Waals surface area (Å²) in [5, 5.41) is 8.47. The van der Waals surface area contributed by atoms with Crippen molar-refractivity contribution >= 4 is 17.7 Å². The lowest BCUT2D eigenvalue weighted by Gasteiger charge is -2.26. The Bertz CT molecular complexity index is 237. The maximum atomic E-state index is 10.3. The van der Waals surface area contributed by atoms with Crippen molar-refractivity contribution in [2.75, 3.05) is 37.8 Å². The van der Waals surface area contributed by atoms with Crippen LogP contribution in [0.1, 0.15) is 12.8 Å². The SMILES string of the molecule is O=C(O)CSCCCN1CN2CCC1C2. The number of nitrogens with zero attached hydrogens (tertiary/aromatic N) is 2. The van der Waals surface area contributed by atoms with Gasteiger partial charge in [-0.15, -0.1) is 0 Å². The highest BCUT2D eigenvalue weighted by atomic mass is 32.2. The average molecular weight is 230 g/mol. The third-order valence-corrected chi connectivity index (χ3v) is 4.13. The highest BCUT2D eigenvalue weighted by Crippen LogP contribution is 2.23. The number of thioether (sulfide) groups is 1. The summed E-state index contributed by atoms with van der Waals surface area (Å²) in [5.41, 5.74) is 0. The first-order valence-corrected chi connectivity index (χ1v) is 6.67. The van der Waals surface area contributed by atoms with Gasteiger partial charge in [0.15, 0.2) is 0 Å². The molecule has 0 amide bonds. The zero-order chi connectivity index (χ0) is 10.7. The quantitative estimate of drug-likeness (QED) is 0.675. The molecule has 15 heavy (non-hydrogen) atoms. The van der Waals surface area contributed by atoms with Crippen molar-refractivity contribution in [2.24, 2.45) is 0 Å². The van der Waals surface area contributed by atoms with E-state index in [1.54, 1.807) is 0 Å². The fourth-order valence-electron chi connectivity index (χ4n) is 2.39. The van der Waals surface area contributed by atoms with Gasteiger partial charge in [0.25, 0.3) is 0 Å². The topological polar surface area (TPSA) is 43.8 Å². The molecule has 0 aromatic rings. The van der Waals surface area contributed by atoms with Gasteiger partial charge in [0.2, 0.25) is 0 Å². The number of carboxylic acid groups (broad SMARTS) is 1. The van der Waals surface area contributed by atoms with Gasteiger partial charge in [0.1, 0.15) is 0 Å². The zero-order valence-corrected chi connectivity index (χ0v) is 9.71. The van der Waals surface area contributed by atoms with E-state index in [1.165, 1.54) is 31.3 Å². The van der Waals surface area contributed by atoms with E-state index in [2.05, 4.69) is 9.80 Å². The van der Waals surface area contributed by atoms with Crippen molar-refractivity contribution in [1.29, 1.82) is 0 Å². The number of fused-ring (bicyclic) bond motifs is 2. The Morgan fingerprint density at radius 1 is 1.53 bits per heavy atom. The van der Waals surface area contributed by atoms with Gasteiger partial charge in [0, 0.05) is 25.7 Å². The van der Waals surface area contributed by atoms with Gasteiger partial charge >= 0.3 is 5.97 Å². The average Bonchev–Trinajstić information content (AvgIpc) is 2.78. The van der Waals surface area contributed by atoms with E-state index < -0.39 is 5.97 Å². The Morgan fingerprint density at radius 2 is 2.40 bits per heavy atom. The largest absolute Gasteiger partial charge is 0.481 e. The molecule has 86 valence electrons. The number of hydrogen-bond acceptors (Lipinski definition) is 4. The van der Waals surface area contributed by atoms with Crippen LogP contribution in [0.4, 0.5) is 0 Å². The van der Waals surface area contributed by atoms with E-state index in [1.807, 2.05) is 0 Å². The van der Waals surface area contributed by atoms with Crippen LogP contribution in [0.5, 0.6) is 0 Å². The molecule has 2 unspecified atom stereocenters. The van der Waals surface area contributed by atoms with Crippen LogP contribution in [0.25, 0.3) is 0 Å². The molecule has 2 rings (SSSR count). The van der Waals surface area contributed by atoms with Crippen LogP contribution in [0.15, 0.2) is 0 Å². The molecule has 0 aliphatic carbocycles. The molecule has 0 radical (unpaired) electrons. The molecule has 2 atom stereocenters. The van der Waals surface area contributed by atoms with Crippen LogP contribution in [0.3, 0.4) is 0 Å². The third kappa shape index (κ3) is 3.09. The maximum Gasteiger partial charge on any atom is 0.313 e. The highest BCUT2D eigenvalue weighted by molar-refractivity contribution is 7.99. The van der Waals surface area contributed by atoms with E-state index in [-0.39, 0.29) is 5.75 Å². The van der Waals surface area contributed by atoms with Crippen molar-refractivity contribution in [1.82, 2.24) is 9.80 Å². The molecule has 5 heteroatoms. The molecule has 2 bridgehead atoms. The molecule has 2 aliphatic heterocycles. The van der Waals surface area contributed by atoms with E-state index >= 15 is 0 Å². The van der Waals surface area contributed by atoms with Crippen LogP contribution in [0, 0.1) is 0 Å². The molecular weight excluding hydrogens is 212 g/mol. The molecule has 2 aliphatic rings. The Labute approximate surface area is 94.6 Å². The predicted octanol–water partition coefficient (Wildman–Crippen LogP) is 0.542. The van der Waals surface area contributed by atoms with Crippen molar-refractivity contribution in [3.63, 3.8) is 0 Å². The second kappa shape index (κ2) is 5.18. The number of carboxylic acids is 1. The van der Waals surface area contributed by atoms with E-state index in [4.69, 9.17) is 5.11 Å². The number of rotatable bonds is 6. The summed E-state index contributed by atoms with van der Waals surface area (Å²) in [4.78, 5) is 15.3. The molecule has 2 heterocycles.